The molecular weight excluding hydrogens is 307 g/mol. The van der Waals surface area contributed by atoms with E-state index in [2.05, 4.69) is 5.32 Å². The third-order valence-electron chi connectivity index (χ3n) is 4.61. The van der Waals surface area contributed by atoms with Crippen molar-refractivity contribution in [3.63, 3.8) is 0 Å². The lowest BCUT2D eigenvalue weighted by atomic mass is 10.0. The monoisotopic (exact) mass is 326 g/mol. The lowest BCUT2D eigenvalue weighted by Gasteiger charge is -2.39. The molecular formula is C19H19FN2O2. The number of benzene rings is 2. The van der Waals surface area contributed by atoms with Crippen LogP contribution >= 0.6 is 0 Å². The first kappa shape index (κ1) is 15.1. The first-order valence-electron chi connectivity index (χ1n) is 8.26. The predicted octanol–water partition coefficient (Wildman–Crippen LogP) is 3.57. The average Bonchev–Trinajstić information content (AvgIpc) is 3.10. The summed E-state index contributed by atoms with van der Waals surface area (Å²) in [7, 11) is 0. The van der Waals surface area contributed by atoms with Gasteiger partial charge in [-0.25, -0.2) is 4.39 Å². The molecule has 4 rings (SSSR count). The van der Waals surface area contributed by atoms with E-state index in [4.69, 9.17) is 4.74 Å². The molecule has 2 atom stereocenters. The first-order chi connectivity index (χ1) is 11.7. The van der Waals surface area contributed by atoms with Gasteiger partial charge in [-0.05, 0) is 42.7 Å². The van der Waals surface area contributed by atoms with Crippen molar-refractivity contribution in [2.75, 3.05) is 18.5 Å². The van der Waals surface area contributed by atoms with Crippen LogP contribution in [0.5, 0.6) is 0 Å². The van der Waals surface area contributed by atoms with Crippen LogP contribution in [-0.2, 0) is 4.74 Å². The second-order valence-corrected chi connectivity index (χ2v) is 6.24. The maximum atomic E-state index is 13.7. The summed E-state index contributed by atoms with van der Waals surface area (Å²) in [4.78, 5) is 14.8. The zero-order chi connectivity index (χ0) is 16.5. The number of nitrogens with one attached hydrogen (secondary N) is 1. The molecule has 2 aromatic rings. The van der Waals surface area contributed by atoms with Crippen LogP contribution in [0.3, 0.4) is 0 Å². The van der Waals surface area contributed by atoms with E-state index in [9.17, 15) is 9.18 Å². The highest BCUT2D eigenvalue weighted by molar-refractivity contribution is 6.01. The maximum Gasteiger partial charge on any atom is 0.257 e. The summed E-state index contributed by atoms with van der Waals surface area (Å²) < 4.78 is 19.4. The quantitative estimate of drug-likeness (QED) is 0.937. The molecule has 0 spiro atoms. The number of para-hydroxylation sites is 1. The number of hydrogen-bond donors (Lipinski definition) is 1. The molecule has 1 fully saturated rings. The molecule has 0 aromatic heterocycles. The van der Waals surface area contributed by atoms with Gasteiger partial charge in [0.15, 0.2) is 0 Å². The molecule has 2 aliphatic heterocycles. The first-order valence-corrected chi connectivity index (χ1v) is 8.26. The summed E-state index contributed by atoms with van der Waals surface area (Å²) in [6.45, 7) is 1.24. The Balaban J connectivity index is 1.72. The van der Waals surface area contributed by atoms with Crippen molar-refractivity contribution in [2.45, 2.75) is 25.1 Å². The van der Waals surface area contributed by atoms with Crippen molar-refractivity contribution < 1.29 is 13.9 Å². The SMILES string of the molecule is O=C1c2ccccc2N[C@H](c2cccc(F)c2)N1C[C@@H]1CCCO1. The van der Waals surface area contributed by atoms with Crippen LogP contribution in [0.1, 0.15) is 34.9 Å². The lowest BCUT2D eigenvalue weighted by Crippen LogP contribution is -2.46. The van der Waals surface area contributed by atoms with E-state index >= 15 is 0 Å². The van der Waals surface area contributed by atoms with Crippen LogP contribution in [0.4, 0.5) is 10.1 Å². The van der Waals surface area contributed by atoms with Gasteiger partial charge in [-0.15, -0.1) is 0 Å². The number of halogens is 1. The van der Waals surface area contributed by atoms with Gasteiger partial charge in [-0.2, -0.15) is 0 Å². The Bertz CT molecular complexity index is 759. The van der Waals surface area contributed by atoms with Crippen LogP contribution in [0.2, 0.25) is 0 Å². The molecule has 4 nitrogen and oxygen atoms in total. The molecule has 124 valence electrons. The summed E-state index contributed by atoms with van der Waals surface area (Å²) in [5, 5.41) is 3.38. The number of rotatable bonds is 3. The molecule has 1 N–H and O–H groups in total. The topological polar surface area (TPSA) is 41.6 Å². The highest BCUT2D eigenvalue weighted by atomic mass is 19.1. The molecule has 0 saturated carbocycles. The van der Waals surface area contributed by atoms with Gasteiger partial charge in [0.05, 0.1) is 11.7 Å². The number of anilines is 1. The summed E-state index contributed by atoms with van der Waals surface area (Å²) >= 11 is 0. The standard InChI is InChI=1S/C19H19FN2O2/c20-14-6-3-5-13(11-14)18-21-17-9-2-1-8-16(17)19(23)22(18)12-15-7-4-10-24-15/h1-3,5-6,8-9,11,15,18,21H,4,7,10,12H2/t15-,18-/m0/s1. The van der Waals surface area contributed by atoms with Gasteiger partial charge in [0, 0.05) is 18.8 Å². The van der Waals surface area contributed by atoms with E-state index in [0.717, 1.165) is 30.7 Å². The summed E-state index contributed by atoms with van der Waals surface area (Å²) in [5.74, 6) is -0.355. The fourth-order valence-electron chi connectivity index (χ4n) is 3.43. The van der Waals surface area contributed by atoms with Gasteiger partial charge in [0.25, 0.3) is 5.91 Å². The summed E-state index contributed by atoms with van der Waals surface area (Å²) in [6.07, 6.45) is 1.60. The van der Waals surface area contributed by atoms with Crippen molar-refractivity contribution in [1.29, 1.82) is 0 Å². The highest BCUT2D eigenvalue weighted by Gasteiger charge is 2.35. The Morgan fingerprint density at radius 1 is 1.21 bits per heavy atom. The number of hydrogen-bond acceptors (Lipinski definition) is 3. The number of carbonyl (C=O) groups is 1. The Labute approximate surface area is 140 Å². The molecule has 0 aliphatic carbocycles. The molecule has 0 radical (unpaired) electrons. The van der Waals surface area contributed by atoms with Crippen molar-refractivity contribution >= 4 is 11.6 Å². The third-order valence-corrected chi connectivity index (χ3v) is 4.61. The Hall–Kier alpha value is -2.40. The van der Waals surface area contributed by atoms with Gasteiger partial charge in [0.2, 0.25) is 0 Å². The number of nitrogens with zero attached hydrogens (tertiary/aromatic N) is 1. The van der Waals surface area contributed by atoms with Gasteiger partial charge in [-0.1, -0.05) is 24.3 Å². The fourth-order valence-corrected chi connectivity index (χ4v) is 3.43. The average molecular weight is 326 g/mol. The lowest BCUT2D eigenvalue weighted by molar-refractivity contribution is 0.0426. The molecule has 1 amide bonds. The largest absolute Gasteiger partial charge is 0.376 e. The Morgan fingerprint density at radius 2 is 2.08 bits per heavy atom. The molecule has 2 heterocycles. The maximum absolute atomic E-state index is 13.7. The van der Waals surface area contributed by atoms with E-state index in [1.54, 1.807) is 11.0 Å². The zero-order valence-electron chi connectivity index (χ0n) is 13.2. The second-order valence-electron chi connectivity index (χ2n) is 6.24. The van der Waals surface area contributed by atoms with Crippen LogP contribution < -0.4 is 5.32 Å². The van der Waals surface area contributed by atoms with E-state index in [-0.39, 0.29) is 17.8 Å². The van der Waals surface area contributed by atoms with Gasteiger partial charge >= 0.3 is 0 Å². The van der Waals surface area contributed by atoms with Crippen molar-refractivity contribution in [2.24, 2.45) is 0 Å². The van der Waals surface area contributed by atoms with E-state index in [1.807, 2.05) is 30.3 Å². The van der Waals surface area contributed by atoms with Gasteiger partial charge < -0.3 is 15.0 Å². The van der Waals surface area contributed by atoms with Gasteiger partial charge in [-0.3, -0.25) is 4.79 Å². The minimum absolute atomic E-state index is 0.0390. The molecule has 1 saturated heterocycles. The molecule has 0 bridgehead atoms. The molecule has 24 heavy (non-hydrogen) atoms. The number of amides is 1. The van der Waals surface area contributed by atoms with E-state index in [1.165, 1.54) is 12.1 Å². The second kappa shape index (κ2) is 6.24. The Morgan fingerprint density at radius 3 is 2.88 bits per heavy atom. The predicted molar refractivity (Wildman–Crippen MR) is 89.2 cm³/mol. The molecule has 2 aliphatic rings. The molecule has 5 heteroatoms. The smallest absolute Gasteiger partial charge is 0.257 e. The van der Waals surface area contributed by atoms with Crippen LogP contribution in [0.15, 0.2) is 48.5 Å². The van der Waals surface area contributed by atoms with Gasteiger partial charge in [0.1, 0.15) is 12.0 Å². The number of fused-ring (bicyclic) bond motifs is 1. The van der Waals surface area contributed by atoms with E-state index in [0.29, 0.717) is 12.1 Å². The van der Waals surface area contributed by atoms with Crippen LogP contribution in [0, 0.1) is 5.82 Å². The van der Waals surface area contributed by atoms with Crippen molar-refractivity contribution in [3.8, 4) is 0 Å². The summed E-state index contributed by atoms with van der Waals surface area (Å²) in [5.41, 5.74) is 2.15. The Kier molecular flexibility index (Phi) is 3.94. The number of ether oxygens (including phenoxy) is 1. The van der Waals surface area contributed by atoms with E-state index < -0.39 is 6.17 Å². The third kappa shape index (κ3) is 2.76. The summed E-state index contributed by atoms with van der Waals surface area (Å²) in [6, 6.07) is 13.8. The minimum atomic E-state index is -0.396. The van der Waals surface area contributed by atoms with Crippen molar-refractivity contribution in [3.05, 3.63) is 65.5 Å². The van der Waals surface area contributed by atoms with Crippen LogP contribution in [-0.4, -0.2) is 30.1 Å². The molecule has 2 aromatic carbocycles. The fraction of sp³-hybridized carbons (Fsp3) is 0.316. The molecule has 0 unspecified atom stereocenters. The zero-order valence-corrected chi connectivity index (χ0v) is 13.2. The number of carbonyl (C=O) groups excluding carboxylic acids is 1. The highest BCUT2D eigenvalue weighted by Crippen LogP contribution is 2.34. The van der Waals surface area contributed by atoms with Crippen LogP contribution in [0.25, 0.3) is 0 Å². The minimum Gasteiger partial charge on any atom is -0.376 e. The normalized spacial score (nSPS) is 23.0. The van der Waals surface area contributed by atoms with Crippen molar-refractivity contribution in [1.82, 2.24) is 4.90 Å².